The Kier molecular flexibility index (Phi) is 3.94. The molecule has 104 valence electrons. The molecule has 0 aliphatic rings. The molecular weight excluding hydrogens is 254 g/mol. The molecule has 0 spiro atoms. The highest BCUT2D eigenvalue weighted by molar-refractivity contribution is 6.05. The van der Waals surface area contributed by atoms with Crippen molar-refractivity contribution in [2.24, 2.45) is 0 Å². The van der Waals surface area contributed by atoms with Crippen LogP contribution in [0.4, 0.5) is 5.69 Å². The largest absolute Gasteiger partial charge is 0.508 e. The van der Waals surface area contributed by atoms with E-state index in [4.69, 9.17) is 4.74 Å². The molecule has 1 N–H and O–H groups in total. The molecule has 0 unspecified atom stereocenters. The van der Waals surface area contributed by atoms with Gasteiger partial charge in [-0.3, -0.25) is 4.79 Å². The fourth-order valence-corrected chi connectivity index (χ4v) is 1.91. The third kappa shape index (κ3) is 2.74. The highest BCUT2D eigenvalue weighted by atomic mass is 16.5. The van der Waals surface area contributed by atoms with Crippen LogP contribution in [0.2, 0.25) is 0 Å². The Morgan fingerprint density at radius 1 is 1.15 bits per heavy atom. The Balaban J connectivity index is 2.24. The Bertz CT molecular complexity index is 620. The number of benzene rings is 2. The van der Waals surface area contributed by atoms with E-state index >= 15 is 0 Å². The van der Waals surface area contributed by atoms with Gasteiger partial charge in [0.1, 0.15) is 11.5 Å². The standard InChI is InChI=1S/C16H17NO3/c1-11-10-12(4-9-15(11)18)16(19)17(2)13-5-7-14(20-3)8-6-13/h4-10,18H,1-3H3. The molecular formula is C16H17NO3. The third-order valence-corrected chi connectivity index (χ3v) is 3.21. The van der Waals surface area contributed by atoms with Gasteiger partial charge in [0.2, 0.25) is 0 Å². The highest BCUT2D eigenvalue weighted by Gasteiger charge is 2.14. The number of hydrogen-bond acceptors (Lipinski definition) is 3. The molecule has 0 saturated carbocycles. The van der Waals surface area contributed by atoms with Gasteiger partial charge in [-0.25, -0.2) is 0 Å². The number of aromatic hydroxyl groups is 1. The summed E-state index contributed by atoms with van der Waals surface area (Å²) in [7, 11) is 3.31. The zero-order valence-corrected chi connectivity index (χ0v) is 11.8. The van der Waals surface area contributed by atoms with Crippen LogP contribution in [0.3, 0.4) is 0 Å². The number of amides is 1. The molecule has 0 heterocycles. The predicted octanol–water partition coefficient (Wildman–Crippen LogP) is 2.99. The van der Waals surface area contributed by atoms with E-state index in [2.05, 4.69) is 0 Å². The second-order valence-electron chi connectivity index (χ2n) is 4.56. The maximum atomic E-state index is 12.4. The lowest BCUT2D eigenvalue weighted by molar-refractivity contribution is 0.0993. The van der Waals surface area contributed by atoms with Gasteiger partial charge in [0.15, 0.2) is 0 Å². The number of phenolic OH excluding ortho intramolecular Hbond substituents is 1. The monoisotopic (exact) mass is 271 g/mol. The first kappa shape index (κ1) is 13.9. The van der Waals surface area contributed by atoms with Gasteiger partial charge in [0, 0.05) is 18.3 Å². The van der Waals surface area contributed by atoms with Crippen LogP contribution in [-0.2, 0) is 0 Å². The number of methoxy groups -OCH3 is 1. The summed E-state index contributed by atoms with van der Waals surface area (Å²) >= 11 is 0. The van der Waals surface area contributed by atoms with Gasteiger partial charge in [-0.2, -0.15) is 0 Å². The summed E-state index contributed by atoms with van der Waals surface area (Å²) in [4.78, 5) is 13.9. The molecule has 4 heteroatoms. The number of hydrogen-bond donors (Lipinski definition) is 1. The minimum Gasteiger partial charge on any atom is -0.508 e. The van der Waals surface area contributed by atoms with Crippen molar-refractivity contribution in [3.05, 3.63) is 53.6 Å². The maximum Gasteiger partial charge on any atom is 0.258 e. The van der Waals surface area contributed by atoms with E-state index in [1.165, 1.54) is 6.07 Å². The van der Waals surface area contributed by atoms with Crippen LogP contribution in [0.1, 0.15) is 15.9 Å². The van der Waals surface area contributed by atoms with E-state index in [-0.39, 0.29) is 11.7 Å². The molecule has 2 rings (SSSR count). The molecule has 0 bridgehead atoms. The SMILES string of the molecule is COc1ccc(N(C)C(=O)c2ccc(O)c(C)c2)cc1. The van der Waals surface area contributed by atoms with Crippen molar-refractivity contribution in [2.75, 3.05) is 19.1 Å². The van der Waals surface area contributed by atoms with E-state index in [1.807, 2.05) is 12.1 Å². The number of phenols is 1. The van der Waals surface area contributed by atoms with Crippen molar-refractivity contribution in [1.29, 1.82) is 0 Å². The number of nitrogens with zero attached hydrogens (tertiary/aromatic N) is 1. The van der Waals surface area contributed by atoms with E-state index in [1.54, 1.807) is 50.2 Å². The van der Waals surface area contributed by atoms with Crippen LogP contribution in [0.5, 0.6) is 11.5 Å². The van der Waals surface area contributed by atoms with Crippen molar-refractivity contribution in [3.8, 4) is 11.5 Å². The summed E-state index contributed by atoms with van der Waals surface area (Å²) in [6.45, 7) is 1.76. The number of ether oxygens (including phenoxy) is 1. The first-order chi connectivity index (χ1) is 9.52. The number of aryl methyl sites for hydroxylation is 1. The van der Waals surface area contributed by atoms with Crippen LogP contribution >= 0.6 is 0 Å². The molecule has 2 aromatic rings. The van der Waals surface area contributed by atoms with Crippen molar-refractivity contribution in [1.82, 2.24) is 0 Å². The van der Waals surface area contributed by atoms with Crippen LogP contribution in [-0.4, -0.2) is 25.2 Å². The predicted molar refractivity (Wildman–Crippen MR) is 78.6 cm³/mol. The minimum atomic E-state index is -0.127. The summed E-state index contributed by atoms with van der Waals surface area (Å²) in [5.41, 5.74) is 2.00. The van der Waals surface area contributed by atoms with Gasteiger partial charge in [0.25, 0.3) is 5.91 Å². The van der Waals surface area contributed by atoms with E-state index in [0.29, 0.717) is 11.1 Å². The van der Waals surface area contributed by atoms with Crippen LogP contribution in [0, 0.1) is 6.92 Å². The number of rotatable bonds is 3. The van der Waals surface area contributed by atoms with Crippen molar-refractivity contribution < 1.29 is 14.6 Å². The van der Waals surface area contributed by atoms with Gasteiger partial charge in [-0.1, -0.05) is 0 Å². The van der Waals surface area contributed by atoms with Gasteiger partial charge < -0.3 is 14.7 Å². The molecule has 2 aromatic carbocycles. The van der Waals surface area contributed by atoms with Crippen molar-refractivity contribution >= 4 is 11.6 Å². The Morgan fingerprint density at radius 3 is 2.35 bits per heavy atom. The molecule has 4 nitrogen and oxygen atoms in total. The summed E-state index contributed by atoms with van der Waals surface area (Å²) in [5.74, 6) is 0.807. The summed E-state index contributed by atoms with van der Waals surface area (Å²) in [5, 5.41) is 9.50. The lowest BCUT2D eigenvalue weighted by Crippen LogP contribution is -2.26. The summed E-state index contributed by atoms with van der Waals surface area (Å²) in [6, 6.07) is 12.1. The van der Waals surface area contributed by atoms with Crippen molar-refractivity contribution in [3.63, 3.8) is 0 Å². The molecule has 0 aliphatic carbocycles. The zero-order valence-electron chi connectivity index (χ0n) is 11.8. The van der Waals surface area contributed by atoms with Gasteiger partial charge in [-0.05, 0) is 55.0 Å². The second-order valence-corrected chi connectivity index (χ2v) is 4.56. The Hall–Kier alpha value is -2.49. The van der Waals surface area contributed by atoms with E-state index in [0.717, 1.165) is 11.4 Å². The fourth-order valence-electron chi connectivity index (χ4n) is 1.91. The molecule has 0 fully saturated rings. The minimum absolute atomic E-state index is 0.127. The summed E-state index contributed by atoms with van der Waals surface area (Å²) in [6.07, 6.45) is 0. The summed E-state index contributed by atoms with van der Waals surface area (Å²) < 4.78 is 5.09. The zero-order chi connectivity index (χ0) is 14.7. The van der Waals surface area contributed by atoms with Crippen LogP contribution < -0.4 is 9.64 Å². The lowest BCUT2D eigenvalue weighted by Gasteiger charge is -2.18. The van der Waals surface area contributed by atoms with Gasteiger partial charge in [-0.15, -0.1) is 0 Å². The van der Waals surface area contributed by atoms with Gasteiger partial charge in [0.05, 0.1) is 7.11 Å². The fraction of sp³-hybridized carbons (Fsp3) is 0.188. The number of anilines is 1. The normalized spacial score (nSPS) is 10.2. The molecule has 0 radical (unpaired) electrons. The second kappa shape index (κ2) is 5.65. The first-order valence-corrected chi connectivity index (χ1v) is 6.24. The van der Waals surface area contributed by atoms with E-state index < -0.39 is 0 Å². The first-order valence-electron chi connectivity index (χ1n) is 6.24. The average molecular weight is 271 g/mol. The van der Waals surface area contributed by atoms with Crippen LogP contribution in [0.25, 0.3) is 0 Å². The van der Waals surface area contributed by atoms with Crippen molar-refractivity contribution in [2.45, 2.75) is 6.92 Å². The molecule has 0 aliphatic heterocycles. The molecule has 0 saturated heterocycles. The quantitative estimate of drug-likeness (QED) is 0.933. The maximum absolute atomic E-state index is 12.4. The Labute approximate surface area is 118 Å². The van der Waals surface area contributed by atoms with Crippen LogP contribution in [0.15, 0.2) is 42.5 Å². The Morgan fingerprint density at radius 2 is 1.80 bits per heavy atom. The number of carbonyl (C=O) groups is 1. The molecule has 1 amide bonds. The molecule has 0 aromatic heterocycles. The third-order valence-electron chi connectivity index (χ3n) is 3.21. The average Bonchev–Trinajstić information content (AvgIpc) is 2.48. The highest BCUT2D eigenvalue weighted by Crippen LogP contribution is 2.22. The topological polar surface area (TPSA) is 49.8 Å². The van der Waals surface area contributed by atoms with E-state index in [9.17, 15) is 9.90 Å². The smallest absolute Gasteiger partial charge is 0.258 e. The molecule has 0 atom stereocenters. The van der Waals surface area contributed by atoms with Gasteiger partial charge >= 0.3 is 0 Å². The lowest BCUT2D eigenvalue weighted by atomic mass is 10.1. The number of carbonyl (C=O) groups excluding carboxylic acids is 1. The molecule has 20 heavy (non-hydrogen) atoms.